The Morgan fingerprint density at radius 2 is 2.38 bits per heavy atom. The van der Waals surface area contributed by atoms with Gasteiger partial charge in [0.15, 0.2) is 0 Å². The Bertz CT molecular complexity index is 425. The Balaban J connectivity index is 2.95. The number of hydrogen-bond acceptors (Lipinski definition) is 3. The molecule has 0 aliphatic heterocycles. The van der Waals surface area contributed by atoms with Gasteiger partial charge in [-0.3, -0.25) is 4.79 Å². The molecule has 1 aromatic heterocycles. The molecular formula is C11H12ClN3O. The molecule has 0 aromatic carbocycles. The Morgan fingerprint density at radius 1 is 1.69 bits per heavy atom. The molecule has 5 heteroatoms. The van der Waals surface area contributed by atoms with Crippen molar-refractivity contribution < 1.29 is 4.79 Å². The topological polar surface area (TPSA) is 57.0 Å². The predicted octanol–water partition coefficient (Wildman–Crippen LogP) is 2.11. The highest BCUT2D eigenvalue weighted by Crippen LogP contribution is 2.11. The lowest BCUT2D eigenvalue weighted by atomic mass is 10.2. The summed E-state index contributed by atoms with van der Waals surface area (Å²) in [6, 6.07) is 5.02. The molecule has 0 saturated carbocycles. The maximum absolute atomic E-state index is 12.0. The zero-order valence-electron chi connectivity index (χ0n) is 9.14. The molecule has 0 saturated heterocycles. The highest BCUT2D eigenvalue weighted by atomic mass is 35.5. The minimum absolute atomic E-state index is 0.0286. The maximum atomic E-state index is 12.0. The smallest absolute Gasteiger partial charge is 0.255 e. The molecule has 1 rings (SSSR count). The van der Waals surface area contributed by atoms with E-state index in [1.165, 1.54) is 17.2 Å². The van der Waals surface area contributed by atoms with Crippen LogP contribution in [0.15, 0.2) is 18.3 Å². The van der Waals surface area contributed by atoms with Gasteiger partial charge in [-0.05, 0) is 26.0 Å². The summed E-state index contributed by atoms with van der Waals surface area (Å²) in [6.07, 6.45) is 1.47. The van der Waals surface area contributed by atoms with E-state index in [1.807, 2.05) is 19.9 Å². The van der Waals surface area contributed by atoms with Crippen molar-refractivity contribution in [1.82, 2.24) is 9.88 Å². The minimum Gasteiger partial charge on any atom is -0.323 e. The average molecular weight is 238 g/mol. The number of hydrogen-bond donors (Lipinski definition) is 0. The van der Waals surface area contributed by atoms with Crippen LogP contribution in [0.5, 0.6) is 0 Å². The molecule has 4 nitrogen and oxygen atoms in total. The van der Waals surface area contributed by atoms with Crippen molar-refractivity contribution in [2.45, 2.75) is 19.9 Å². The van der Waals surface area contributed by atoms with Crippen molar-refractivity contribution in [2.24, 2.45) is 0 Å². The average Bonchev–Trinajstić information content (AvgIpc) is 2.24. The van der Waals surface area contributed by atoms with Crippen LogP contribution in [-0.4, -0.2) is 28.4 Å². The number of carbonyl (C=O) groups excluding carboxylic acids is 1. The second-order valence-corrected chi connectivity index (χ2v) is 3.94. The van der Waals surface area contributed by atoms with Crippen molar-refractivity contribution >= 4 is 17.5 Å². The van der Waals surface area contributed by atoms with Crippen LogP contribution in [0.3, 0.4) is 0 Å². The molecule has 1 amide bonds. The fourth-order valence-electron chi connectivity index (χ4n) is 1.27. The lowest BCUT2D eigenvalue weighted by Gasteiger charge is -2.23. The molecule has 1 aromatic rings. The Morgan fingerprint density at radius 3 is 2.88 bits per heavy atom. The van der Waals surface area contributed by atoms with Crippen LogP contribution >= 0.6 is 11.6 Å². The van der Waals surface area contributed by atoms with Gasteiger partial charge in [0.2, 0.25) is 0 Å². The van der Waals surface area contributed by atoms with E-state index in [0.717, 1.165) is 0 Å². The number of pyridine rings is 1. The molecule has 0 aliphatic rings. The fraction of sp³-hybridized carbons (Fsp3) is 0.364. The van der Waals surface area contributed by atoms with Gasteiger partial charge in [0.05, 0.1) is 6.07 Å². The highest BCUT2D eigenvalue weighted by molar-refractivity contribution is 6.29. The van der Waals surface area contributed by atoms with E-state index in [9.17, 15) is 4.79 Å². The largest absolute Gasteiger partial charge is 0.323 e. The molecule has 0 unspecified atom stereocenters. The Hall–Kier alpha value is -1.60. The van der Waals surface area contributed by atoms with E-state index in [-0.39, 0.29) is 23.6 Å². The second kappa shape index (κ2) is 5.47. The Labute approximate surface area is 99.5 Å². The van der Waals surface area contributed by atoms with Crippen LogP contribution in [0.4, 0.5) is 0 Å². The van der Waals surface area contributed by atoms with Crippen LogP contribution in [0, 0.1) is 11.3 Å². The van der Waals surface area contributed by atoms with Crippen LogP contribution < -0.4 is 0 Å². The summed E-state index contributed by atoms with van der Waals surface area (Å²) in [5.41, 5.74) is 0.448. The first-order valence-corrected chi connectivity index (χ1v) is 5.23. The predicted molar refractivity (Wildman–Crippen MR) is 61.0 cm³/mol. The molecule has 0 aliphatic carbocycles. The molecule has 0 spiro atoms. The van der Waals surface area contributed by atoms with Crippen molar-refractivity contribution in [2.75, 3.05) is 6.54 Å². The number of amides is 1. The summed E-state index contributed by atoms with van der Waals surface area (Å²) >= 11 is 5.70. The van der Waals surface area contributed by atoms with Crippen LogP contribution in [0.25, 0.3) is 0 Å². The molecule has 84 valence electrons. The number of nitrogens with zero attached hydrogens (tertiary/aromatic N) is 3. The standard InChI is InChI=1S/C11H12ClN3O/c1-8(2)15(6-4-13)11(16)9-3-5-14-10(12)7-9/h3,5,7-8H,6H2,1-2H3. The molecule has 0 radical (unpaired) electrons. The van der Waals surface area contributed by atoms with Gasteiger partial charge in [0.25, 0.3) is 5.91 Å². The normalized spacial score (nSPS) is 9.94. The van der Waals surface area contributed by atoms with E-state index >= 15 is 0 Å². The van der Waals surface area contributed by atoms with E-state index in [0.29, 0.717) is 5.56 Å². The minimum atomic E-state index is -0.208. The van der Waals surface area contributed by atoms with Gasteiger partial charge < -0.3 is 4.90 Å². The van der Waals surface area contributed by atoms with Crippen molar-refractivity contribution in [3.8, 4) is 6.07 Å². The number of halogens is 1. The van der Waals surface area contributed by atoms with E-state index in [4.69, 9.17) is 16.9 Å². The van der Waals surface area contributed by atoms with Crippen LogP contribution in [0.2, 0.25) is 5.15 Å². The number of aromatic nitrogens is 1. The van der Waals surface area contributed by atoms with E-state index in [1.54, 1.807) is 6.07 Å². The zero-order valence-corrected chi connectivity index (χ0v) is 9.90. The molecule has 1 heterocycles. The maximum Gasteiger partial charge on any atom is 0.255 e. The monoisotopic (exact) mass is 237 g/mol. The third-order valence-corrected chi connectivity index (χ3v) is 2.31. The Kier molecular flexibility index (Phi) is 4.27. The third-order valence-electron chi connectivity index (χ3n) is 2.10. The first-order chi connectivity index (χ1) is 7.56. The van der Waals surface area contributed by atoms with Crippen LogP contribution in [0.1, 0.15) is 24.2 Å². The quantitative estimate of drug-likeness (QED) is 0.598. The van der Waals surface area contributed by atoms with Crippen molar-refractivity contribution in [3.05, 3.63) is 29.0 Å². The summed E-state index contributed by atoms with van der Waals surface area (Å²) in [4.78, 5) is 17.3. The third kappa shape index (κ3) is 2.94. The summed E-state index contributed by atoms with van der Waals surface area (Å²) in [5.74, 6) is -0.208. The van der Waals surface area contributed by atoms with Gasteiger partial charge in [0.1, 0.15) is 11.7 Å². The van der Waals surface area contributed by atoms with Gasteiger partial charge in [-0.25, -0.2) is 4.98 Å². The van der Waals surface area contributed by atoms with E-state index in [2.05, 4.69) is 4.98 Å². The SMILES string of the molecule is CC(C)N(CC#N)C(=O)c1ccnc(Cl)c1. The zero-order chi connectivity index (χ0) is 12.1. The number of carbonyl (C=O) groups is 1. The van der Waals surface area contributed by atoms with Gasteiger partial charge in [-0.2, -0.15) is 5.26 Å². The molecule has 16 heavy (non-hydrogen) atoms. The summed E-state index contributed by atoms with van der Waals surface area (Å²) < 4.78 is 0. The lowest BCUT2D eigenvalue weighted by Crippen LogP contribution is -2.37. The van der Waals surface area contributed by atoms with Gasteiger partial charge in [-0.1, -0.05) is 11.6 Å². The number of nitriles is 1. The van der Waals surface area contributed by atoms with Gasteiger partial charge in [0, 0.05) is 17.8 Å². The van der Waals surface area contributed by atoms with Gasteiger partial charge in [-0.15, -0.1) is 0 Å². The molecule has 0 atom stereocenters. The molecule has 0 N–H and O–H groups in total. The van der Waals surface area contributed by atoms with Crippen molar-refractivity contribution in [1.29, 1.82) is 5.26 Å². The van der Waals surface area contributed by atoms with Crippen LogP contribution in [-0.2, 0) is 0 Å². The summed E-state index contributed by atoms with van der Waals surface area (Å²) in [7, 11) is 0. The first kappa shape index (κ1) is 12.5. The molecular weight excluding hydrogens is 226 g/mol. The summed E-state index contributed by atoms with van der Waals surface area (Å²) in [6.45, 7) is 3.78. The second-order valence-electron chi connectivity index (χ2n) is 3.55. The van der Waals surface area contributed by atoms with Gasteiger partial charge >= 0.3 is 0 Å². The summed E-state index contributed by atoms with van der Waals surface area (Å²) in [5, 5.41) is 8.92. The fourth-order valence-corrected chi connectivity index (χ4v) is 1.44. The first-order valence-electron chi connectivity index (χ1n) is 4.85. The number of rotatable bonds is 3. The lowest BCUT2D eigenvalue weighted by molar-refractivity contribution is 0.0731. The highest BCUT2D eigenvalue weighted by Gasteiger charge is 2.18. The van der Waals surface area contributed by atoms with Crippen molar-refractivity contribution in [3.63, 3.8) is 0 Å². The van der Waals surface area contributed by atoms with E-state index < -0.39 is 0 Å². The molecule has 0 fully saturated rings. The molecule has 0 bridgehead atoms.